The van der Waals surface area contributed by atoms with Crippen LogP contribution in [-0.4, -0.2) is 12.6 Å². The average Bonchev–Trinajstić information content (AvgIpc) is 2.52. The Kier molecular flexibility index (Phi) is 5.72. The maximum Gasteiger partial charge on any atom is 0.416 e. The zero-order valence-electron chi connectivity index (χ0n) is 12.2. The van der Waals surface area contributed by atoms with Gasteiger partial charge < -0.3 is 10.6 Å². The molecule has 0 saturated heterocycles. The first-order valence-corrected chi connectivity index (χ1v) is 7.19. The number of hydrogen-bond acceptors (Lipinski definition) is 1. The molecule has 0 aliphatic rings. The number of nitrogens with one attached hydrogen (secondary N) is 2. The van der Waals surface area contributed by atoms with E-state index in [0.29, 0.717) is 10.6 Å². The fourth-order valence-electron chi connectivity index (χ4n) is 1.78. The van der Waals surface area contributed by atoms with E-state index in [1.165, 1.54) is 12.1 Å². The Bertz CT molecular complexity index is 794. The maximum atomic E-state index is 12.6. The number of amides is 2. The normalized spacial score (nSPS) is 10.5. The molecular weight excluding hydrogens is 341 g/mol. The van der Waals surface area contributed by atoms with E-state index < -0.39 is 17.8 Å². The second kappa shape index (κ2) is 7.75. The topological polar surface area (TPSA) is 41.1 Å². The SMILES string of the molecule is O=C(NCC#Cc1ccccc1Cl)Nc1cccc(C(F)(F)F)c1. The van der Waals surface area contributed by atoms with Gasteiger partial charge in [0.25, 0.3) is 0 Å². The van der Waals surface area contributed by atoms with Crippen LogP contribution in [0.2, 0.25) is 5.02 Å². The summed E-state index contributed by atoms with van der Waals surface area (Å²) in [7, 11) is 0. The number of alkyl halides is 3. The van der Waals surface area contributed by atoms with Crippen molar-refractivity contribution in [3.63, 3.8) is 0 Å². The quantitative estimate of drug-likeness (QED) is 0.766. The van der Waals surface area contributed by atoms with Gasteiger partial charge in [-0.2, -0.15) is 13.2 Å². The van der Waals surface area contributed by atoms with E-state index in [4.69, 9.17) is 11.6 Å². The van der Waals surface area contributed by atoms with Crippen LogP contribution in [-0.2, 0) is 6.18 Å². The van der Waals surface area contributed by atoms with Crippen molar-refractivity contribution in [1.29, 1.82) is 0 Å². The summed E-state index contributed by atoms with van der Waals surface area (Å²) >= 11 is 5.93. The van der Waals surface area contributed by atoms with E-state index in [0.717, 1.165) is 12.1 Å². The van der Waals surface area contributed by atoms with Gasteiger partial charge in [0.15, 0.2) is 0 Å². The smallest absolute Gasteiger partial charge is 0.327 e. The lowest BCUT2D eigenvalue weighted by molar-refractivity contribution is -0.137. The highest BCUT2D eigenvalue weighted by Gasteiger charge is 2.30. The highest BCUT2D eigenvalue weighted by Crippen LogP contribution is 2.30. The van der Waals surface area contributed by atoms with Crippen molar-refractivity contribution in [3.8, 4) is 11.8 Å². The van der Waals surface area contributed by atoms with Crippen LogP contribution in [0, 0.1) is 11.8 Å². The van der Waals surface area contributed by atoms with Crippen LogP contribution < -0.4 is 10.6 Å². The number of halogens is 4. The molecule has 0 bridgehead atoms. The highest BCUT2D eigenvalue weighted by atomic mass is 35.5. The van der Waals surface area contributed by atoms with Crippen LogP contribution >= 0.6 is 11.6 Å². The van der Waals surface area contributed by atoms with E-state index in [9.17, 15) is 18.0 Å². The number of hydrogen-bond donors (Lipinski definition) is 2. The van der Waals surface area contributed by atoms with Crippen molar-refractivity contribution < 1.29 is 18.0 Å². The lowest BCUT2D eigenvalue weighted by atomic mass is 10.2. The van der Waals surface area contributed by atoms with Gasteiger partial charge >= 0.3 is 12.2 Å². The third kappa shape index (κ3) is 5.21. The lowest BCUT2D eigenvalue weighted by Gasteiger charge is -2.09. The molecule has 0 spiro atoms. The first-order valence-electron chi connectivity index (χ1n) is 6.82. The van der Waals surface area contributed by atoms with Gasteiger partial charge in [-0.1, -0.05) is 41.6 Å². The van der Waals surface area contributed by atoms with Gasteiger partial charge in [-0.3, -0.25) is 0 Å². The number of anilines is 1. The van der Waals surface area contributed by atoms with Gasteiger partial charge in [-0.15, -0.1) is 0 Å². The van der Waals surface area contributed by atoms with Crippen LogP contribution in [0.4, 0.5) is 23.7 Å². The summed E-state index contributed by atoms with van der Waals surface area (Å²) in [5.74, 6) is 5.50. The number of carbonyl (C=O) groups is 1. The van der Waals surface area contributed by atoms with Crippen molar-refractivity contribution in [2.45, 2.75) is 6.18 Å². The molecule has 2 aromatic carbocycles. The molecule has 0 radical (unpaired) electrons. The molecule has 2 rings (SSSR count). The van der Waals surface area contributed by atoms with Gasteiger partial charge in [0, 0.05) is 11.3 Å². The Balaban J connectivity index is 1.90. The molecule has 3 nitrogen and oxygen atoms in total. The fraction of sp³-hybridized carbons (Fsp3) is 0.118. The Morgan fingerprint density at radius 3 is 2.58 bits per heavy atom. The second-order valence-electron chi connectivity index (χ2n) is 4.67. The molecule has 0 atom stereocenters. The van der Waals surface area contributed by atoms with E-state index in [-0.39, 0.29) is 12.2 Å². The predicted molar refractivity (Wildman–Crippen MR) is 86.8 cm³/mol. The monoisotopic (exact) mass is 352 g/mol. The van der Waals surface area contributed by atoms with Crippen LogP contribution in [0.1, 0.15) is 11.1 Å². The molecule has 0 fully saturated rings. The predicted octanol–water partition coefficient (Wildman–Crippen LogP) is 4.53. The largest absolute Gasteiger partial charge is 0.416 e. The molecule has 0 saturated carbocycles. The zero-order valence-corrected chi connectivity index (χ0v) is 13.0. The van der Waals surface area contributed by atoms with Crippen molar-refractivity contribution in [1.82, 2.24) is 5.32 Å². The molecule has 2 amide bonds. The van der Waals surface area contributed by atoms with Crippen LogP contribution in [0.3, 0.4) is 0 Å². The van der Waals surface area contributed by atoms with E-state index in [1.54, 1.807) is 24.3 Å². The van der Waals surface area contributed by atoms with Gasteiger partial charge in [0.2, 0.25) is 0 Å². The minimum absolute atomic E-state index is 0.0238. The molecule has 2 N–H and O–H groups in total. The summed E-state index contributed by atoms with van der Waals surface area (Å²) in [6.45, 7) is 0.0238. The molecule has 7 heteroatoms. The molecule has 124 valence electrons. The third-order valence-corrected chi connectivity index (χ3v) is 3.21. The maximum absolute atomic E-state index is 12.6. The highest BCUT2D eigenvalue weighted by molar-refractivity contribution is 6.31. The van der Waals surface area contributed by atoms with E-state index in [2.05, 4.69) is 22.5 Å². The lowest BCUT2D eigenvalue weighted by Crippen LogP contribution is -2.29. The average molecular weight is 353 g/mol. The summed E-state index contributed by atoms with van der Waals surface area (Å²) in [5, 5.41) is 5.25. The Hall–Kier alpha value is -2.65. The van der Waals surface area contributed by atoms with Gasteiger partial charge in [0.1, 0.15) is 0 Å². The third-order valence-electron chi connectivity index (χ3n) is 2.88. The van der Waals surface area contributed by atoms with Crippen LogP contribution in [0.5, 0.6) is 0 Å². The zero-order chi connectivity index (χ0) is 17.6. The molecular formula is C17H12ClF3N2O. The number of carbonyl (C=O) groups excluding carboxylic acids is 1. The summed E-state index contributed by atoms with van der Waals surface area (Å²) in [4.78, 5) is 11.7. The minimum atomic E-state index is -4.46. The Labute approximate surface area is 141 Å². The molecule has 0 aliphatic heterocycles. The second-order valence-corrected chi connectivity index (χ2v) is 5.08. The number of rotatable bonds is 2. The van der Waals surface area contributed by atoms with E-state index >= 15 is 0 Å². The van der Waals surface area contributed by atoms with Crippen molar-refractivity contribution in [2.75, 3.05) is 11.9 Å². The number of benzene rings is 2. The molecule has 2 aromatic rings. The molecule has 0 unspecified atom stereocenters. The van der Waals surface area contributed by atoms with Crippen molar-refractivity contribution in [2.24, 2.45) is 0 Å². The summed E-state index contributed by atoms with van der Waals surface area (Å²) in [6, 6.07) is 10.7. The van der Waals surface area contributed by atoms with Crippen LogP contribution in [0.25, 0.3) is 0 Å². The Morgan fingerprint density at radius 2 is 1.88 bits per heavy atom. The first-order chi connectivity index (χ1) is 11.4. The van der Waals surface area contributed by atoms with Crippen LogP contribution in [0.15, 0.2) is 48.5 Å². The summed E-state index contributed by atoms with van der Waals surface area (Å²) < 4.78 is 37.8. The summed E-state index contributed by atoms with van der Waals surface area (Å²) in [6.07, 6.45) is -4.46. The fourth-order valence-corrected chi connectivity index (χ4v) is 1.96. The van der Waals surface area contributed by atoms with E-state index in [1.807, 2.05) is 0 Å². The molecule has 0 aromatic heterocycles. The van der Waals surface area contributed by atoms with Crippen molar-refractivity contribution in [3.05, 3.63) is 64.7 Å². The molecule has 0 heterocycles. The van der Waals surface area contributed by atoms with Crippen molar-refractivity contribution >= 4 is 23.3 Å². The molecule has 0 aliphatic carbocycles. The minimum Gasteiger partial charge on any atom is -0.327 e. The summed E-state index contributed by atoms with van der Waals surface area (Å²) in [5.41, 5.74) is -0.167. The van der Waals surface area contributed by atoms with Gasteiger partial charge in [0.05, 0.1) is 17.1 Å². The number of urea groups is 1. The first kappa shape index (κ1) is 17.7. The van der Waals surface area contributed by atoms with Gasteiger partial charge in [-0.05, 0) is 30.3 Å². The Morgan fingerprint density at radius 1 is 1.12 bits per heavy atom. The molecule has 24 heavy (non-hydrogen) atoms. The standard InChI is InChI=1S/C17H12ClF3N2O/c18-15-9-2-1-5-12(15)6-4-10-22-16(24)23-14-8-3-7-13(11-14)17(19,20)21/h1-3,5,7-9,11H,10H2,(H2,22,23,24). The van der Waals surface area contributed by atoms with Gasteiger partial charge in [-0.25, -0.2) is 4.79 Å².